The van der Waals surface area contributed by atoms with Crippen molar-refractivity contribution < 1.29 is 19.4 Å². The minimum atomic E-state index is -0.549. The summed E-state index contributed by atoms with van der Waals surface area (Å²) in [4.78, 5) is 29.1. The largest absolute Gasteiger partial charge is 0.466 e. The van der Waals surface area contributed by atoms with E-state index < -0.39 is 5.97 Å². The average molecular weight is 465 g/mol. The van der Waals surface area contributed by atoms with Crippen molar-refractivity contribution in [3.63, 3.8) is 0 Å². The van der Waals surface area contributed by atoms with Crippen molar-refractivity contribution in [1.82, 2.24) is 9.80 Å². The molecule has 1 fully saturated rings. The van der Waals surface area contributed by atoms with Gasteiger partial charge in [-0.05, 0) is 30.5 Å². The number of piperidine rings is 1. The van der Waals surface area contributed by atoms with Crippen LogP contribution in [0.25, 0.3) is 0 Å². The van der Waals surface area contributed by atoms with Crippen molar-refractivity contribution >= 4 is 23.3 Å². The molecule has 0 saturated carbocycles. The Kier molecular flexibility index (Phi) is 7.82. The Labute approximate surface area is 200 Å². The first-order chi connectivity index (χ1) is 16.6. The molecule has 1 saturated heterocycles. The lowest BCUT2D eigenvalue weighted by molar-refractivity contribution is -0.136. The molecule has 180 valence electrons. The Morgan fingerprint density at radius 2 is 1.74 bits per heavy atom. The number of esters is 1. The summed E-state index contributed by atoms with van der Waals surface area (Å²) in [5.41, 5.74) is 3.41. The van der Waals surface area contributed by atoms with Gasteiger partial charge in [0.1, 0.15) is 5.70 Å². The molecule has 8 heteroatoms. The number of carbonyl (C=O) groups excluding carboxylic acids is 2. The fraction of sp³-hybridized carbons (Fsp3) is 0.385. The minimum Gasteiger partial charge on any atom is -0.466 e. The van der Waals surface area contributed by atoms with Crippen LogP contribution in [0, 0.1) is 0 Å². The Morgan fingerprint density at radius 1 is 1.06 bits per heavy atom. The van der Waals surface area contributed by atoms with Crippen LogP contribution in [0.1, 0.15) is 18.4 Å². The van der Waals surface area contributed by atoms with Gasteiger partial charge in [0, 0.05) is 32.2 Å². The molecule has 0 unspecified atom stereocenters. The number of carbonyl (C=O) groups is 2. The van der Waals surface area contributed by atoms with Gasteiger partial charge < -0.3 is 25.4 Å². The van der Waals surface area contributed by atoms with Gasteiger partial charge in [-0.15, -0.1) is 0 Å². The van der Waals surface area contributed by atoms with Crippen molar-refractivity contribution in [3.8, 4) is 0 Å². The summed E-state index contributed by atoms with van der Waals surface area (Å²) < 4.78 is 4.88. The van der Waals surface area contributed by atoms with Gasteiger partial charge in [0.05, 0.1) is 37.2 Å². The molecule has 2 aliphatic rings. The zero-order chi connectivity index (χ0) is 23.9. The van der Waals surface area contributed by atoms with E-state index in [-0.39, 0.29) is 36.9 Å². The van der Waals surface area contributed by atoms with Crippen LogP contribution in [0.3, 0.4) is 0 Å². The third-order valence-electron chi connectivity index (χ3n) is 6.34. The van der Waals surface area contributed by atoms with Gasteiger partial charge >= 0.3 is 5.97 Å². The summed E-state index contributed by atoms with van der Waals surface area (Å²) in [6.45, 7) is 3.08. The number of rotatable bonds is 9. The maximum atomic E-state index is 12.9. The third-order valence-corrected chi connectivity index (χ3v) is 6.34. The van der Waals surface area contributed by atoms with E-state index in [2.05, 4.69) is 39.8 Å². The second-order valence-electron chi connectivity index (χ2n) is 8.65. The number of β-amino-alcohol motifs (C(OH)–C–C–N with tert-alkyl or cyclic N) is 1. The summed E-state index contributed by atoms with van der Waals surface area (Å²) in [6.07, 6.45) is 2.03. The summed E-state index contributed by atoms with van der Waals surface area (Å²) in [7, 11) is 1.30. The molecule has 0 bridgehead atoms. The number of likely N-dealkylation sites (tertiary alicyclic amines) is 1. The maximum Gasteiger partial charge on any atom is 0.337 e. The Hall–Kier alpha value is -3.36. The number of para-hydroxylation sites is 2. The van der Waals surface area contributed by atoms with Crippen LogP contribution in [0.5, 0.6) is 0 Å². The van der Waals surface area contributed by atoms with E-state index in [1.807, 2.05) is 30.3 Å². The summed E-state index contributed by atoms with van der Waals surface area (Å²) in [6, 6.07) is 18.5. The summed E-state index contributed by atoms with van der Waals surface area (Å²) in [5.74, 6) is -0.869. The number of hydrogen-bond acceptors (Lipinski definition) is 7. The van der Waals surface area contributed by atoms with E-state index in [0.29, 0.717) is 6.04 Å². The lowest BCUT2D eigenvalue weighted by atomic mass is 10.0. The van der Waals surface area contributed by atoms with E-state index in [0.717, 1.165) is 43.9 Å². The molecule has 0 atom stereocenters. The molecule has 0 radical (unpaired) electrons. The second-order valence-corrected chi connectivity index (χ2v) is 8.65. The van der Waals surface area contributed by atoms with Gasteiger partial charge in [-0.3, -0.25) is 9.69 Å². The molecule has 0 aliphatic carbocycles. The van der Waals surface area contributed by atoms with Gasteiger partial charge in [0.25, 0.3) is 5.91 Å². The molecule has 0 spiro atoms. The van der Waals surface area contributed by atoms with Crippen LogP contribution >= 0.6 is 0 Å². The number of anilines is 2. The Balaban J connectivity index is 1.42. The number of aliphatic hydroxyl groups is 1. The van der Waals surface area contributed by atoms with Crippen molar-refractivity contribution in [2.24, 2.45) is 0 Å². The predicted octanol–water partition coefficient (Wildman–Crippen LogP) is 2.44. The molecule has 2 aliphatic heterocycles. The van der Waals surface area contributed by atoms with Gasteiger partial charge in [0.2, 0.25) is 0 Å². The molecule has 34 heavy (non-hydrogen) atoms. The number of benzene rings is 2. The molecule has 2 aromatic carbocycles. The highest BCUT2D eigenvalue weighted by molar-refractivity contribution is 6.09. The minimum absolute atomic E-state index is 0.115. The lowest BCUT2D eigenvalue weighted by Crippen LogP contribution is -2.38. The van der Waals surface area contributed by atoms with Crippen molar-refractivity contribution in [3.05, 3.63) is 71.4 Å². The number of nitrogens with zero attached hydrogens (tertiary/aromatic N) is 2. The van der Waals surface area contributed by atoms with Gasteiger partial charge in [0.15, 0.2) is 0 Å². The summed E-state index contributed by atoms with van der Waals surface area (Å²) >= 11 is 0. The van der Waals surface area contributed by atoms with Gasteiger partial charge in [-0.2, -0.15) is 0 Å². The molecule has 0 aromatic heterocycles. The molecule has 4 rings (SSSR count). The normalized spacial score (nSPS) is 17.2. The second kappa shape index (κ2) is 11.2. The number of methoxy groups -OCH3 is 1. The fourth-order valence-corrected chi connectivity index (χ4v) is 4.50. The van der Waals surface area contributed by atoms with Crippen LogP contribution in [0.2, 0.25) is 0 Å². The highest BCUT2D eigenvalue weighted by Crippen LogP contribution is 2.29. The molecular formula is C26H32N4O4. The first-order valence-corrected chi connectivity index (χ1v) is 11.7. The quantitative estimate of drug-likeness (QED) is 0.491. The first kappa shape index (κ1) is 23.8. The van der Waals surface area contributed by atoms with E-state index in [1.54, 1.807) is 0 Å². The monoisotopic (exact) mass is 464 g/mol. The van der Waals surface area contributed by atoms with Crippen LogP contribution in [0.15, 0.2) is 65.9 Å². The van der Waals surface area contributed by atoms with Crippen LogP contribution in [-0.4, -0.2) is 72.7 Å². The molecule has 2 aromatic rings. The van der Waals surface area contributed by atoms with Gasteiger partial charge in [-0.1, -0.05) is 42.5 Å². The molecule has 3 N–H and O–H groups in total. The van der Waals surface area contributed by atoms with Crippen LogP contribution in [0.4, 0.5) is 11.4 Å². The zero-order valence-electron chi connectivity index (χ0n) is 19.5. The zero-order valence-corrected chi connectivity index (χ0v) is 19.5. The molecular weight excluding hydrogens is 432 g/mol. The maximum absolute atomic E-state index is 12.9. The first-order valence-electron chi connectivity index (χ1n) is 11.7. The smallest absolute Gasteiger partial charge is 0.337 e. The van der Waals surface area contributed by atoms with E-state index in [4.69, 9.17) is 4.74 Å². The lowest BCUT2D eigenvalue weighted by Gasteiger charge is -2.33. The predicted molar refractivity (Wildman–Crippen MR) is 131 cm³/mol. The van der Waals surface area contributed by atoms with E-state index in [9.17, 15) is 14.7 Å². The highest BCUT2D eigenvalue weighted by atomic mass is 16.5. The Morgan fingerprint density at radius 3 is 2.41 bits per heavy atom. The number of ether oxygens (including phenoxy) is 1. The van der Waals surface area contributed by atoms with Crippen molar-refractivity contribution in [2.75, 3.05) is 50.5 Å². The molecule has 2 heterocycles. The highest BCUT2D eigenvalue weighted by Gasteiger charge is 2.34. The number of nitrogens with one attached hydrogen (secondary N) is 2. The topological polar surface area (TPSA) is 94.1 Å². The summed E-state index contributed by atoms with van der Waals surface area (Å²) in [5, 5.41) is 16.1. The number of hydrogen-bond donors (Lipinski definition) is 3. The van der Waals surface area contributed by atoms with E-state index >= 15 is 0 Å². The molecule has 1 amide bonds. The van der Waals surface area contributed by atoms with Crippen LogP contribution in [-0.2, 0) is 20.9 Å². The standard InChI is InChI=1S/C26H32N4O4/c1-34-26(33)21-18-30(15-16-31)25(32)24(21)28-23-10-6-5-9-22(23)27-20-11-13-29(14-12-20)17-19-7-3-2-4-8-19/h2-10,20,27-28,31H,11-18H2,1H3. The van der Waals surface area contributed by atoms with Crippen molar-refractivity contribution in [2.45, 2.75) is 25.4 Å². The molecule has 8 nitrogen and oxygen atoms in total. The van der Waals surface area contributed by atoms with Gasteiger partial charge in [-0.25, -0.2) is 4.79 Å². The average Bonchev–Trinajstić information content (AvgIpc) is 3.17. The number of aliphatic hydroxyl groups excluding tert-OH is 1. The Bertz CT molecular complexity index is 1030. The van der Waals surface area contributed by atoms with E-state index in [1.165, 1.54) is 17.6 Å². The third kappa shape index (κ3) is 5.58. The SMILES string of the molecule is COC(=O)C1=C(Nc2ccccc2NC2CCN(Cc3ccccc3)CC2)C(=O)N(CCO)C1. The fourth-order valence-electron chi connectivity index (χ4n) is 4.50. The number of amides is 1. The van der Waals surface area contributed by atoms with Crippen molar-refractivity contribution in [1.29, 1.82) is 0 Å². The van der Waals surface area contributed by atoms with Crippen LogP contribution < -0.4 is 10.6 Å².